The smallest absolute Gasteiger partial charge is 0.309 e. The highest BCUT2D eigenvalue weighted by Gasteiger charge is 2.30. The standard InChI is InChI=1S/C13H18O4/c1-8(2)11(13(15)16)12(14)9-4-6-10(17-3)7-5-9/h4-8,11-12,14H,1-3H3,(H,15,16). The first-order valence-electron chi connectivity index (χ1n) is 5.52. The topological polar surface area (TPSA) is 66.8 Å². The van der Waals surface area contributed by atoms with Gasteiger partial charge in [0.2, 0.25) is 0 Å². The maximum atomic E-state index is 11.1. The lowest BCUT2D eigenvalue weighted by Gasteiger charge is -2.22. The minimum absolute atomic E-state index is 0.135. The van der Waals surface area contributed by atoms with E-state index in [0.29, 0.717) is 11.3 Å². The van der Waals surface area contributed by atoms with E-state index < -0.39 is 18.0 Å². The van der Waals surface area contributed by atoms with Crippen LogP contribution in [0.1, 0.15) is 25.5 Å². The van der Waals surface area contributed by atoms with Gasteiger partial charge in [0, 0.05) is 0 Å². The van der Waals surface area contributed by atoms with Crippen LogP contribution in [0.15, 0.2) is 24.3 Å². The average molecular weight is 238 g/mol. The molecule has 0 saturated heterocycles. The second kappa shape index (κ2) is 5.68. The molecule has 2 N–H and O–H groups in total. The number of hydrogen-bond donors (Lipinski definition) is 2. The van der Waals surface area contributed by atoms with Crippen LogP contribution in [-0.2, 0) is 4.79 Å². The predicted octanol–water partition coefficient (Wildman–Crippen LogP) is 2.09. The maximum Gasteiger partial charge on any atom is 0.309 e. The van der Waals surface area contributed by atoms with Crippen LogP contribution in [0.5, 0.6) is 5.75 Å². The Hall–Kier alpha value is -1.55. The lowest BCUT2D eigenvalue weighted by Crippen LogP contribution is -2.26. The third-order valence-electron chi connectivity index (χ3n) is 2.80. The fourth-order valence-electron chi connectivity index (χ4n) is 1.79. The summed E-state index contributed by atoms with van der Waals surface area (Å²) in [5.74, 6) is -1.24. The summed E-state index contributed by atoms with van der Waals surface area (Å²) in [5.41, 5.74) is 0.590. The molecule has 2 atom stereocenters. The average Bonchev–Trinajstić information content (AvgIpc) is 2.28. The number of hydrogen-bond acceptors (Lipinski definition) is 3. The van der Waals surface area contributed by atoms with Crippen molar-refractivity contribution in [3.05, 3.63) is 29.8 Å². The van der Waals surface area contributed by atoms with Crippen LogP contribution in [0.4, 0.5) is 0 Å². The van der Waals surface area contributed by atoms with E-state index in [0.717, 1.165) is 0 Å². The molecule has 4 heteroatoms. The van der Waals surface area contributed by atoms with Crippen molar-refractivity contribution in [2.75, 3.05) is 7.11 Å². The Bertz CT molecular complexity index is 370. The quantitative estimate of drug-likeness (QED) is 0.824. The fraction of sp³-hybridized carbons (Fsp3) is 0.462. The third-order valence-corrected chi connectivity index (χ3v) is 2.80. The molecule has 0 amide bonds. The summed E-state index contributed by atoms with van der Waals surface area (Å²) in [6, 6.07) is 6.78. The van der Waals surface area contributed by atoms with Crippen LogP contribution < -0.4 is 4.74 Å². The maximum absolute atomic E-state index is 11.1. The molecule has 2 unspecified atom stereocenters. The van der Waals surface area contributed by atoms with Gasteiger partial charge < -0.3 is 14.9 Å². The van der Waals surface area contributed by atoms with Crippen molar-refractivity contribution in [2.45, 2.75) is 20.0 Å². The van der Waals surface area contributed by atoms with E-state index in [9.17, 15) is 9.90 Å². The van der Waals surface area contributed by atoms with Gasteiger partial charge in [-0.25, -0.2) is 0 Å². The Morgan fingerprint density at radius 1 is 1.24 bits per heavy atom. The largest absolute Gasteiger partial charge is 0.497 e. The van der Waals surface area contributed by atoms with Gasteiger partial charge in [-0.15, -0.1) is 0 Å². The number of carbonyl (C=O) groups is 1. The SMILES string of the molecule is COc1ccc(C(O)C(C(=O)O)C(C)C)cc1. The number of rotatable bonds is 5. The first-order valence-corrected chi connectivity index (χ1v) is 5.52. The van der Waals surface area contributed by atoms with Crippen LogP contribution in [0, 0.1) is 11.8 Å². The van der Waals surface area contributed by atoms with E-state index in [2.05, 4.69) is 0 Å². The minimum atomic E-state index is -1.00. The Balaban J connectivity index is 2.93. The third kappa shape index (κ3) is 3.20. The Morgan fingerprint density at radius 2 is 1.76 bits per heavy atom. The molecule has 0 aliphatic heterocycles. The molecule has 0 spiro atoms. The minimum Gasteiger partial charge on any atom is -0.497 e. The first-order chi connectivity index (χ1) is 7.97. The Morgan fingerprint density at radius 3 is 2.12 bits per heavy atom. The van der Waals surface area contributed by atoms with Crippen molar-refractivity contribution >= 4 is 5.97 Å². The van der Waals surface area contributed by atoms with Crippen LogP contribution in [-0.4, -0.2) is 23.3 Å². The number of carboxylic acids is 1. The summed E-state index contributed by atoms with van der Waals surface area (Å²) in [5, 5.41) is 19.2. The summed E-state index contributed by atoms with van der Waals surface area (Å²) >= 11 is 0. The lowest BCUT2D eigenvalue weighted by atomic mass is 9.86. The van der Waals surface area contributed by atoms with E-state index in [1.54, 1.807) is 45.2 Å². The molecule has 0 radical (unpaired) electrons. The highest BCUT2D eigenvalue weighted by Crippen LogP contribution is 2.29. The van der Waals surface area contributed by atoms with Crippen LogP contribution >= 0.6 is 0 Å². The zero-order valence-corrected chi connectivity index (χ0v) is 10.3. The van der Waals surface area contributed by atoms with E-state index >= 15 is 0 Å². The molecular weight excluding hydrogens is 220 g/mol. The molecule has 0 aromatic heterocycles. The monoisotopic (exact) mass is 238 g/mol. The summed E-state index contributed by atoms with van der Waals surface area (Å²) in [6.07, 6.45) is -1.00. The van der Waals surface area contributed by atoms with Gasteiger partial charge >= 0.3 is 5.97 Å². The van der Waals surface area contributed by atoms with Gasteiger partial charge in [-0.3, -0.25) is 4.79 Å². The normalized spacial score (nSPS) is 14.4. The molecule has 0 fully saturated rings. The van der Waals surface area contributed by atoms with Gasteiger partial charge in [0.25, 0.3) is 0 Å². The molecule has 17 heavy (non-hydrogen) atoms. The Kier molecular flexibility index (Phi) is 4.52. The van der Waals surface area contributed by atoms with Crippen molar-refractivity contribution in [3.8, 4) is 5.75 Å². The summed E-state index contributed by atoms with van der Waals surface area (Å²) in [6.45, 7) is 3.57. The van der Waals surface area contributed by atoms with Gasteiger partial charge in [0.1, 0.15) is 5.75 Å². The van der Waals surface area contributed by atoms with Gasteiger partial charge in [-0.05, 0) is 23.6 Å². The molecule has 0 saturated carbocycles. The van der Waals surface area contributed by atoms with Crippen molar-refractivity contribution in [3.63, 3.8) is 0 Å². The number of aliphatic carboxylic acids is 1. The van der Waals surface area contributed by atoms with E-state index in [1.807, 2.05) is 0 Å². The van der Waals surface area contributed by atoms with E-state index in [1.165, 1.54) is 0 Å². The molecule has 4 nitrogen and oxygen atoms in total. The summed E-state index contributed by atoms with van der Waals surface area (Å²) in [7, 11) is 1.56. The van der Waals surface area contributed by atoms with Gasteiger partial charge in [0.05, 0.1) is 19.1 Å². The van der Waals surface area contributed by atoms with Gasteiger partial charge in [-0.1, -0.05) is 26.0 Å². The number of methoxy groups -OCH3 is 1. The van der Waals surface area contributed by atoms with Crippen LogP contribution in [0.25, 0.3) is 0 Å². The lowest BCUT2D eigenvalue weighted by molar-refractivity contribution is -0.148. The first kappa shape index (κ1) is 13.5. The van der Waals surface area contributed by atoms with Crippen molar-refractivity contribution in [1.29, 1.82) is 0 Å². The Labute approximate surface area is 101 Å². The second-order valence-electron chi connectivity index (χ2n) is 4.33. The molecule has 1 aromatic carbocycles. The molecule has 1 rings (SSSR count). The molecule has 0 aliphatic carbocycles. The number of benzene rings is 1. The number of aliphatic hydroxyl groups is 1. The zero-order valence-electron chi connectivity index (χ0n) is 10.3. The van der Waals surface area contributed by atoms with Crippen LogP contribution in [0.3, 0.4) is 0 Å². The van der Waals surface area contributed by atoms with Crippen molar-refractivity contribution < 1.29 is 19.7 Å². The number of aliphatic hydroxyl groups excluding tert-OH is 1. The molecular formula is C13H18O4. The zero-order chi connectivity index (χ0) is 13.0. The summed E-state index contributed by atoms with van der Waals surface area (Å²) < 4.78 is 5.01. The van der Waals surface area contributed by atoms with Gasteiger partial charge in [0.15, 0.2) is 0 Å². The predicted molar refractivity (Wildman–Crippen MR) is 63.9 cm³/mol. The van der Waals surface area contributed by atoms with E-state index in [-0.39, 0.29) is 5.92 Å². The van der Waals surface area contributed by atoms with Crippen LogP contribution in [0.2, 0.25) is 0 Å². The fourth-order valence-corrected chi connectivity index (χ4v) is 1.79. The molecule has 0 bridgehead atoms. The highest BCUT2D eigenvalue weighted by atomic mass is 16.5. The second-order valence-corrected chi connectivity index (χ2v) is 4.33. The van der Waals surface area contributed by atoms with Crippen molar-refractivity contribution in [2.24, 2.45) is 11.8 Å². The summed E-state index contributed by atoms with van der Waals surface area (Å²) in [4.78, 5) is 11.1. The van der Waals surface area contributed by atoms with Gasteiger partial charge in [-0.2, -0.15) is 0 Å². The van der Waals surface area contributed by atoms with E-state index in [4.69, 9.17) is 9.84 Å². The highest BCUT2D eigenvalue weighted by molar-refractivity contribution is 5.71. The van der Waals surface area contributed by atoms with Crippen molar-refractivity contribution in [1.82, 2.24) is 0 Å². The molecule has 0 aliphatic rings. The molecule has 94 valence electrons. The molecule has 0 heterocycles. The number of ether oxygens (including phenoxy) is 1. The number of carboxylic acid groups (broad SMARTS) is 1. The molecule has 1 aromatic rings.